The number of likely N-dealkylation sites (N-methyl/N-ethyl adjacent to an activating group) is 1. The highest BCUT2D eigenvalue weighted by molar-refractivity contribution is 5.82. The lowest BCUT2D eigenvalue weighted by atomic mass is 10.1. The van der Waals surface area contributed by atoms with Crippen LogP contribution in [0.15, 0.2) is 24.5 Å². The minimum absolute atomic E-state index is 0.0333. The molecular weight excluding hydrogens is 290 g/mol. The molecule has 1 aliphatic rings. The Labute approximate surface area is 139 Å². The Bertz CT molecular complexity index is 471. The second-order valence-corrected chi connectivity index (χ2v) is 6.28. The predicted molar refractivity (Wildman–Crippen MR) is 93.4 cm³/mol. The molecule has 1 atom stereocenters. The standard InChI is InChI=1S/C17H29N5O/c1-20(2)16(5-3-4-8-18)17(23)22-13-11-21(12-14-22)15-6-9-19-10-7-15/h6-7,9-10,16H,3-5,8,11-14,18H2,1-2H3. The Morgan fingerprint density at radius 2 is 1.87 bits per heavy atom. The molecular formula is C17H29N5O. The van der Waals surface area contributed by atoms with Crippen molar-refractivity contribution in [1.82, 2.24) is 14.8 Å². The zero-order chi connectivity index (χ0) is 16.7. The third kappa shape index (κ3) is 4.91. The van der Waals surface area contributed by atoms with Crippen molar-refractivity contribution in [3.8, 4) is 0 Å². The number of carbonyl (C=O) groups is 1. The lowest BCUT2D eigenvalue weighted by Gasteiger charge is -2.38. The number of rotatable bonds is 7. The van der Waals surface area contributed by atoms with Gasteiger partial charge in [0.2, 0.25) is 5.91 Å². The Morgan fingerprint density at radius 3 is 2.43 bits per heavy atom. The molecule has 0 radical (unpaired) electrons. The van der Waals surface area contributed by atoms with Gasteiger partial charge in [-0.2, -0.15) is 0 Å². The maximum absolute atomic E-state index is 12.8. The summed E-state index contributed by atoms with van der Waals surface area (Å²) >= 11 is 0. The van der Waals surface area contributed by atoms with Crippen LogP contribution in [0.25, 0.3) is 0 Å². The van der Waals surface area contributed by atoms with Crippen LogP contribution in [0.3, 0.4) is 0 Å². The number of anilines is 1. The molecule has 6 heteroatoms. The van der Waals surface area contributed by atoms with Crippen LogP contribution in [0, 0.1) is 0 Å². The van der Waals surface area contributed by atoms with Gasteiger partial charge in [0.05, 0.1) is 6.04 Å². The van der Waals surface area contributed by atoms with Gasteiger partial charge in [0, 0.05) is 44.3 Å². The smallest absolute Gasteiger partial charge is 0.240 e. The molecule has 2 heterocycles. The van der Waals surface area contributed by atoms with Crippen molar-refractivity contribution in [3.05, 3.63) is 24.5 Å². The van der Waals surface area contributed by atoms with Gasteiger partial charge < -0.3 is 15.5 Å². The van der Waals surface area contributed by atoms with E-state index in [1.807, 2.05) is 48.4 Å². The van der Waals surface area contributed by atoms with Gasteiger partial charge in [0.25, 0.3) is 0 Å². The molecule has 1 unspecified atom stereocenters. The van der Waals surface area contributed by atoms with Gasteiger partial charge in [0.15, 0.2) is 0 Å². The van der Waals surface area contributed by atoms with E-state index in [0.29, 0.717) is 6.54 Å². The molecule has 2 N–H and O–H groups in total. The molecule has 1 amide bonds. The van der Waals surface area contributed by atoms with E-state index in [9.17, 15) is 4.79 Å². The highest BCUT2D eigenvalue weighted by atomic mass is 16.2. The summed E-state index contributed by atoms with van der Waals surface area (Å²) in [5.41, 5.74) is 6.74. The van der Waals surface area contributed by atoms with E-state index in [1.165, 1.54) is 5.69 Å². The van der Waals surface area contributed by atoms with Gasteiger partial charge in [-0.15, -0.1) is 0 Å². The fourth-order valence-electron chi connectivity index (χ4n) is 3.04. The van der Waals surface area contributed by atoms with Crippen LogP contribution < -0.4 is 10.6 Å². The zero-order valence-corrected chi connectivity index (χ0v) is 14.3. The van der Waals surface area contributed by atoms with Crippen LogP contribution in [0.5, 0.6) is 0 Å². The number of pyridine rings is 1. The Hall–Kier alpha value is -1.66. The minimum Gasteiger partial charge on any atom is -0.368 e. The first-order valence-corrected chi connectivity index (χ1v) is 8.43. The van der Waals surface area contributed by atoms with E-state index in [4.69, 9.17) is 5.73 Å². The van der Waals surface area contributed by atoms with E-state index in [-0.39, 0.29) is 11.9 Å². The van der Waals surface area contributed by atoms with E-state index >= 15 is 0 Å². The maximum Gasteiger partial charge on any atom is 0.240 e. The summed E-state index contributed by atoms with van der Waals surface area (Å²) in [4.78, 5) is 23.2. The lowest BCUT2D eigenvalue weighted by molar-refractivity contribution is -0.136. The predicted octanol–water partition coefficient (Wildman–Crippen LogP) is 0.789. The van der Waals surface area contributed by atoms with Gasteiger partial charge in [-0.1, -0.05) is 6.42 Å². The number of carbonyl (C=O) groups excluding carboxylic acids is 1. The molecule has 1 saturated heterocycles. The lowest BCUT2D eigenvalue weighted by Crippen LogP contribution is -2.54. The van der Waals surface area contributed by atoms with Gasteiger partial charge >= 0.3 is 0 Å². The van der Waals surface area contributed by atoms with Crippen LogP contribution in [-0.4, -0.2) is 73.6 Å². The molecule has 6 nitrogen and oxygen atoms in total. The van der Waals surface area contributed by atoms with Gasteiger partial charge in [-0.05, 0) is 45.6 Å². The molecule has 1 fully saturated rings. The van der Waals surface area contributed by atoms with Crippen LogP contribution in [0.4, 0.5) is 5.69 Å². The number of hydrogen-bond donors (Lipinski definition) is 1. The highest BCUT2D eigenvalue weighted by Crippen LogP contribution is 2.17. The van der Waals surface area contributed by atoms with Crippen molar-refractivity contribution in [2.75, 3.05) is 51.7 Å². The number of unbranched alkanes of at least 4 members (excludes halogenated alkanes) is 1. The second-order valence-electron chi connectivity index (χ2n) is 6.28. The number of nitrogens with two attached hydrogens (primary N) is 1. The molecule has 0 spiro atoms. The van der Waals surface area contributed by atoms with Crippen molar-refractivity contribution in [3.63, 3.8) is 0 Å². The number of amides is 1. The van der Waals surface area contributed by atoms with Crippen LogP contribution in [-0.2, 0) is 4.79 Å². The first-order valence-electron chi connectivity index (χ1n) is 8.43. The first kappa shape index (κ1) is 17.7. The number of piperazine rings is 1. The Morgan fingerprint density at radius 1 is 1.22 bits per heavy atom. The molecule has 0 aliphatic carbocycles. The number of aromatic nitrogens is 1. The highest BCUT2D eigenvalue weighted by Gasteiger charge is 2.28. The zero-order valence-electron chi connectivity index (χ0n) is 14.3. The fourth-order valence-corrected chi connectivity index (χ4v) is 3.04. The Balaban J connectivity index is 1.88. The molecule has 0 bridgehead atoms. The summed E-state index contributed by atoms with van der Waals surface area (Å²) < 4.78 is 0. The SMILES string of the molecule is CN(C)C(CCCCN)C(=O)N1CCN(c2ccncc2)CC1. The molecule has 1 aromatic rings. The van der Waals surface area contributed by atoms with E-state index < -0.39 is 0 Å². The van der Waals surface area contributed by atoms with Gasteiger partial charge in [0.1, 0.15) is 0 Å². The van der Waals surface area contributed by atoms with Crippen molar-refractivity contribution < 1.29 is 4.79 Å². The molecule has 23 heavy (non-hydrogen) atoms. The number of hydrogen-bond acceptors (Lipinski definition) is 5. The second kappa shape index (κ2) is 8.84. The first-order chi connectivity index (χ1) is 11.1. The summed E-state index contributed by atoms with van der Waals surface area (Å²) in [5, 5.41) is 0. The summed E-state index contributed by atoms with van der Waals surface area (Å²) in [6, 6.07) is 4.01. The molecule has 0 aromatic carbocycles. The van der Waals surface area contributed by atoms with E-state index in [2.05, 4.69) is 9.88 Å². The van der Waals surface area contributed by atoms with Crippen molar-refractivity contribution in [1.29, 1.82) is 0 Å². The topological polar surface area (TPSA) is 65.7 Å². The van der Waals surface area contributed by atoms with E-state index in [1.54, 1.807) is 0 Å². The van der Waals surface area contributed by atoms with Crippen LogP contribution in [0.1, 0.15) is 19.3 Å². The van der Waals surface area contributed by atoms with Crippen LogP contribution >= 0.6 is 0 Å². The third-order valence-corrected chi connectivity index (χ3v) is 4.46. The van der Waals surface area contributed by atoms with E-state index in [0.717, 1.165) is 45.4 Å². The number of nitrogens with zero attached hydrogens (tertiary/aromatic N) is 4. The van der Waals surface area contributed by atoms with Crippen LogP contribution in [0.2, 0.25) is 0 Å². The van der Waals surface area contributed by atoms with Crippen molar-refractivity contribution in [2.45, 2.75) is 25.3 Å². The molecule has 2 rings (SSSR count). The largest absolute Gasteiger partial charge is 0.368 e. The van der Waals surface area contributed by atoms with Gasteiger partial charge in [-0.25, -0.2) is 0 Å². The fraction of sp³-hybridized carbons (Fsp3) is 0.647. The summed E-state index contributed by atoms with van der Waals surface area (Å²) in [7, 11) is 3.97. The van der Waals surface area contributed by atoms with Crippen molar-refractivity contribution >= 4 is 11.6 Å². The average Bonchev–Trinajstić information content (AvgIpc) is 2.59. The summed E-state index contributed by atoms with van der Waals surface area (Å²) in [6.45, 7) is 4.00. The quantitative estimate of drug-likeness (QED) is 0.753. The molecule has 1 aliphatic heterocycles. The molecule has 1 aromatic heterocycles. The average molecular weight is 319 g/mol. The third-order valence-electron chi connectivity index (χ3n) is 4.46. The summed E-state index contributed by atoms with van der Waals surface area (Å²) in [6.07, 6.45) is 6.49. The maximum atomic E-state index is 12.8. The summed E-state index contributed by atoms with van der Waals surface area (Å²) in [5.74, 6) is 0.251. The van der Waals surface area contributed by atoms with Crippen molar-refractivity contribution in [2.24, 2.45) is 5.73 Å². The molecule has 128 valence electrons. The monoisotopic (exact) mass is 319 g/mol. The van der Waals surface area contributed by atoms with Gasteiger partial charge in [-0.3, -0.25) is 14.7 Å². The Kier molecular flexibility index (Phi) is 6.80. The minimum atomic E-state index is -0.0333. The molecule has 0 saturated carbocycles. The normalized spacial score (nSPS) is 16.7.